The van der Waals surface area contributed by atoms with Crippen LogP contribution in [0.25, 0.3) is 11.1 Å². The van der Waals surface area contributed by atoms with Crippen molar-refractivity contribution in [3.05, 3.63) is 59.7 Å². The molecule has 0 saturated carbocycles. The van der Waals surface area contributed by atoms with Crippen LogP contribution >= 0.6 is 0 Å². The maximum atomic E-state index is 12.3. The highest BCUT2D eigenvalue weighted by atomic mass is 16.4. The maximum absolute atomic E-state index is 12.3. The van der Waals surface area contributed by atoms with Gasteiger partial charge in [0.15, 0.2) is 0 Å². The molecular formula is C21H24N2O3. The minimum atomic E-state index is -0.766. The lowest BCUT2D eigenvalue weighted by atomic mass is 9.97. The third kappa shape index (κ3) is 4.42. The number of carboxylic acids is 1. The first kappa shape index (κ1) is 18.0. The Hall–Kier alpha value is -2.82. The summed E-state index contributed by atoms with van der Waals surface area (Å²) in [5.74, 6) is -1.09. The van der Waals surface area contributed by atoms with Gasteiger partial charge in [0.1, 0.15) is 0 Å². The second-order valence-electron chi connectivity index (χ2n) is 6.83. The Balaban J connectivity index is 1.57. The molecule has 0 atom stereocenters. The molecule has 0 aliphatic carbocycles. The summed E-state index contributed by atoms with van der Waals surface area (Å²) in [6.45, 7) is 3.51. The molecule has 0 radical (unpaired) electrons. The average Bonchev–Trinajstić information content (AvgIpc) is 2.66. The van der Waals surface area contributed by atoms with E-state index in [1.54, 1.807) is 4.90 Å². The van der Waals surface area contributed by atoms with Gasteiger partial charge in [0.25, 0.3) is 0 Å². The van der Waals surface area contributed by atoms with Crippen LogP contribution in [0, 0.1) is 12.8 Å². The second kappa shape index (κ2) is 8.04. The summed E-state index contributed by atoms with van der Waals surface area (Å²) in [6.07, 6.45) is 1.04. The van der Waals surface area contributed by atoms with Crippen LogP contribution in [0.15, 0.2) is 48.5 Å². The van der Waals surface area contributed by atoms with Crippen molar-refractivity contribution in [3.8, 4) is 11.1 Å². The number of likely N-dealkylation sites (tertiary alicyclic amines) is 1. The summed E-state index contributed by atoms with van der Waals surface area (Å²) in [5, 5.41) is 12.0. The number of rotatable bonds is 4. The first-order valence-electron chi connectivity index (χ1n) is 8.94. The van der Waals surface area contributed by atoms with E-state index in [-0.39, 0.29) is 11.9 Å². The number of carbonyl (C=O) groups excluding carboxylic acids is 1. The maximum Gasteiger partial charge on any atom is 0.317 e. The number of carbonyl (C=O) groups is 2. The Bertz CT molecular complexity index is 795. The quantitative estimate of drug-likeness (QED) is 0.882. The van der Waals surface area contributed by atoms with Gasteiger partial charge in [-0.1, -0.05) is 48.0 Å². The molecule has 0 unspecified atom stereocenters. The molecule has 1 aliphatic rings. The highest BCUT2D eigenvalue weighted by Gasteiger charge is 2.26. The topological polar surface area (TPSA) is 69.6 Å². The number of aryl methyl sites for hydroxylation is 1. The molecule has 5 nitrogen and oxygen atoms in total. The normalized spacial score (nSPS) is 14.9. The van der Waals surface area contributed by atoms with Crippen molar-refractivity contribution < 1.29 is 14.7 Å². The first-order chi connectivity index (χ1) is 12.5. The lowest BCUT2D eigenvalue weighted by Gasteiger charge is -2.30. The van der Waals surface area contributed by atoms with Crippen LogP contribution in [0.3, 0.4) is 0 Å². The first-order valence-corrected chi connectivity index (χ1v) is 8.94. The molecule has 1 saturated heterocycles. The second-order valence-corrected chi connectivity index (χ2v) is 6.83. The van der Waals surface area contributed by atoms with Crippen LogP contribution in [-0.4, -0.2) is 35.1 Å². The Labute approximate surface area is 153 Å². The van der Waals surface area contributed by atoms with Crippen molar-refractivity contribution in [2.75, 3.05) is 13.1 Å². The Morgan fingerprint density at radius 2 is 1.73 bits per heavy atom. The number of hydrogen-bond donors (Lipinski definition) is 2. The third-order valence-electron chi connectivity index (χ3n) is 4.85. The monoisotopic (exact) mass is 352 g/mol. The Morgan fingerprint density at radius 3 is 2.38 bits per heavy atom. The zero-order valence-corrected chi connectivity index (χ0v) is 14.9. The van der Waals surface area contributed by atoms with Gasteiger partial charge in [0, 0.05) is 19.6 Å². The number of urea groups is 1. The van der Waals surface area contributed by atoms with Gasteiger partial charge in [0.05, 0.1) is 5.92 Å². The van der Waals surface area contributed by atoms with Crippen LogP contribution in [0.2, 0.25) is 0 Å². The Kier molecular flexibility index (Phi) is 5.56. The van der Waals surface area contributed by atoms with E-state index in [9.17, 15) is 9.59 Å². The molecular weight excluding hydrogens is 328 g/mol. The van der Waals surface area contributed by atoms with Gasteiger partial charge in [-0.3, -0.25) is 4.79 Å². The van der Waals surface area contributed by atoms with E-state index >= 15 is 0 Å². The molecule has 2 amide bonds. The minimum absolute atomic E-state index is 0.130. The van der Waals surface area contributed by atoms with E-state index in [0.29, 0.717) is 32.5 Å². The van der Waals surface area contributed by atoms with Crippen molar-refractivity contribution in [1.29, 1.82) is 0 Å². The number of nitrogens with zero attached hydrogens (tertiary/aromatic N) is 1. The Morgan fingerprint density at radius 1 is 1.08 bits per heavy atom. The van der Waals surface area contributed by atoms with Crippen molar-refractivity contribution in [1.82, 2.24) is 10.2 Å². The summed E-state index contributed by atoms with van der Waals surface area (Å²) >= 11 is 0. The highest BCUT2D eigenvalue weighted by molar-refractivity contribution is 5.75. The molecule has 3 rings (SSSR count). The largest absolute Gasteiger partial charge is 0.481 e. The number of aliphatic carboxylic acids is 1. The fourth-order valence-corrected chi connectivity index (χ4v) is 3.30. The van der Waals surface area contributed by atoms with E-state index in [4.69, 9.17) is 5.11 Å². The molecule has 1 fully saturated rings. The summed E-state index contributed by atoms with van der Waals surface area (Å²) in [4.78, 5) is 25.0. The fourth-order valence-electron chi connectivity index (χ4n) is 3.30. The molecule has 0 spiro atoms. The molecule has 136 valence electrons. The van der Waals surface area contributed by atoms with Gasteiger partial charge in [-0.05, 0) is 42.5 Å². The zero-order chi connectivity index (χ0) is 18.5. The summed E-state index contributed by atoms with van der Waals surface area (Å²) in [7, 11) is 0. The molecule has 2 aromatic carbocycles. The highest BCUT2D eigenvalue weighted by Crippen LogP contribution is 2.22. The van der Waals surface area contributed by atoms with Gasteiger partial charge < -0.3 is 15.3 Å². The van der Waals surface area contributed by atoms with E-state index in [0.717, 1.165) is 16.7 Å². The molecule has 2 N–H and O–H groups in total. The smallest absolute Gasteiger partial charge is 0.317 e. The van der Waals surface area contributed by atoms with Gasteiger partial charge in [-0.25, -0.2) is 4.79 Å². The third-order valence-corrected chi connectivity index (χ3v) is 4.85. The number of carboxylic acid groups (broad SMARTS) is 1. The number of benzene rings is 2. The number of piperidine rings is 1. The molecule has 5 heteroatoms. The summed E-state index contributed by atoms with van der Waals surface area (Å²) in [6, 6.07) is 16.4. The predicted octanol–water partition coefficient (Wildman–Crippen LogP) is 3.67. The van der Waals surface area contributed by atoms with Crippen molar-refractivity contribution >= 4 is 12.0 Å². The van der Waals surface area contributed by atoms with Gasteiger partial charge >= 0.3 is 12.0 Å². The van der Waals surface area contributed by atoms with Crippen LogP contribution < -0.4 is 5.32 Å². The lowest BCUT2D eigenvalue weighted by molar-refractivity contribution is -0.143. The minimum Gasteiger partial charge on any atom is -0.481 e. The fraction of sp³-hybridized carbons (Fsp3) is 0.333. The van der Waals surface area contributed by atoms with E-state index in [1.807, 2.05) is 18.2 Å². The van der Waals surface area contributed by atoms with Gasteiger partial charge in [0.2, 0.25) is 0 Å². The van der Waals surface area contributed by atoms with Crippen LogP contribution in [0.4, 0.5) is 4.79 Å². The predicted molar refractivity (Wildman–Crippen MR) is 101 cm³/mol. The van der Waals surface area contributed by atoms with Gasteiger partial charge in [-0.15, -0.1) is 0 Å². The van der Waals surface area contributed by atoms with Crippen LogP contribution in [0.5, 0.6) is 0 Å². The molecule has 1 aliphatic heterocycles. The van der Waals surface area contributed by atoms with Crippen molar-refractivity contribution in [3.63, 3.8) is 0 Å². The van der Waals surface area contributed by atoms with Crippen LogP contribution in [0.1, 0.15) is 24.0 Å². The zero-order valence-electron chi connectivity index (χ0n) is 14.9. The number of nitrogens with one attached hydrogen (secondary N) is 1. The van der Waals surface area contributed by atoms with E-state index < -0.39 is 5.97 Å². The summed E-state index contributed by atoms with van der Waals surface area (Å²) < 4.78 is 0. The SMILES string of the molecule is Cc1cccc(-c2cccc(CNC(=O)N3CCC(C(=O)O)CC3)c2)c1. The standard InChI is InChI=1S/C21H24N2O3/c1-15-4-2-6-18(12-15)19-7-3-5-16(13-19)14-22-21(26)23-10-8-17(9-11-23)20(24)25/h2-7,12-13,17H,8-11,14H2,1H3,(H,22,26)(H,24,25). The van der Waals surface area contributed by atoms with Crippen LogP contribution in [-0.2, 0) is 11.3 Å². The van der Waals surface area contributed by atoms with E-state index in [1.165, 1.54) is 5.56 Å². The number of hydrogen-bond acceptors (Lipinski definition) is 2. The van der Waals surface area contributed by atoms with Crippen molar-refractivity contribution in [2.24, 2.45) is 5.92 Å². The van der Waals surface area contributed by atoms with Gasteiger partial charge in [-0.2, -0.15) is 0 Å². The van der Waals surface area contributed by atoms with Crippen molar-refractivity contribution in [2.45, 2.75) is 26.3 Å². The lowest BCUT2D eigenvalue weighted by Crippen LogP contribution is -2.45. The number of amides is 2. The average molecular weight is 352 g/mol. The summed E-state index contributed by atoms with van der Waals surface area (Å²) in [5.41, 5.74) is 4.54. The molecule has 1 heterocycles. The molecule has 0 aromatic heterocycles. The molecule has 2 aromatic rings. The molecule has 26 heavy (non-hydrogen) atoms. The molecule has 0 bridgehead atoms. The van der Waals surface area contributed by atoms with E-state index in [2.05, 4.69) is 42.6 Å².